The van der Waals surface area contributed by atoms with Gasteiger partial charge in [0.2, 0.25) is 0 Å². The molecule has 0 aliphatic rings. The Morgan fingerprint density at radius 2 is 1.88 bits per heavy atom. The van der Waals surface area contributed by atoms with Crippen molar-refractivity contribution >= 4 is 23.5 Å². The molecule has 5 nitrogen and oxygen atoms in total. The fraction of sp³-hybridized carbons (Fsp3) is 0.636. The lowest BCUT2D eigenvalue weighted by Crippen LogP contribution is -2.32. The first-order valence-electron chi connectivity index (χ1n) is 5.06. The van der Waals surface area contributed by atoms with Crippen molar-refractivity contribution in [3.05, 3.63) is 12.2 Å². The fourth-order valence-electron chi connectivity index (χ4n) is 0.778. The molecule has 100 valence electrons. The van der Waals surface area contributed by atoms with Gasteiger partial charge in [0, 0.05) is 5.57 Å². The Labute approximate surface area is 107 Å². The summed E-state index contributed by atoms with van der Waals surface area (Å²) in [6.45, 7) is 7.12. The maximum Gasteiger partial charge on any atom is 0.334 e. The number of aliphatic carboxylic acids is 1. The predicted molar refractivity (Wildman–Crippen MR) is 67.0 cm³/mol. The molecule has 0 rings (SSSR count). The van der Waals surface area contributed by atoms with E-state index in [1.165, 1.54) is 0 Å². The molecule has 0 aliphatic heterocycles. The first kappa shape index (κ1) is 18.3. The van der Waals surface area contributed by atoms with Crippen molar-refractivity contribution in [1.29, 1.82) is 0 Å². The van der Waals surface area contributed by atoms with Crippen molar-refractivity contribution in [1.82, 2.24) is 4.90 Å². The van der Waals surface area contributed by atoms with Crippen molar-refractivity contribution in [2.24, 2.45) is 0 Å². The van der Waals surface area contributed by atoms with Gasteiger partial charge in [-0.2, -0.15) is 0 Å². The fourth-order valence-corrected chi connectivity index (χ4v) is 0.778. The highest BCUT2D eigenvalue weighted by molar-refractivity contribution is 6.26. The first-order valence-corrected chi connectivity index (χ1v) is 5.60. The number of carboxylic acids is 1. The van der Waals surface area contributed by atoms with Crippen LogP contribution in [0.2, 0.25) is 0 Å². The van der Waals surface area contributed by atoms with Gasteiger partial charge in [0.05, 0.1) is 0 Å². The van der Waals surface area contributed by atoms with Crippen molar-refractivity contribution in [2.75, 3.05) is 20.0 Å². The largest absolute Gasteiger partial charge is 0.480 e. The summed E-state index contributed by atoms with van der Waals surface area (Å²) in [4.78, 5) is 22.2. The molecule has 0 saturated heterocycles. The van der Waals surface area contributed by atoms with Crippen LogP contribution in [0.5, 0.6) is 0 Å². The summed E-state index contributed by atoms with van der Waals surface area (Å²) >= 11 is 4.74. The van der Waals surface area contributed by atoms with Crippen LogP contribution in [0.25, 0.3) is 0 Å². The molecule has 0 aromatic rings. The highest BCUT2D eigenvalue weighted by Crippen LogP contribution is 2.04. The van der Waals surface area contributed by atoms with Crippen LogP contribution in [0, 0.1) is 0 Å². The van der Waals surface area contributed by atoms with Gasteiger partial charge < -0.3 is 9.84 Å². The minimum Gasteiger partial charge on any atom is -0.480 e. The summed E-state index contributed by atoms with van der Waals surface area (Å²) in [5.74, 6) is -1.61. The number of hydrogen-bond acceptors (Lipinski definition) is 4. The topological polar surface area (TPSA) is 66.8 Å². The second-order valence-electron chi connectivity index (χ2n) is 3.54. The molecule has 0 fully saturated rings. The Morgan fingerprint density at radius 3 is 2.06 bits per heavy atom. The molecule has 1 N–H and O–H groups in total. The van der Waals surface area contributed by atoms with E-state index in [9.17, 15) is 9.59 Å². The van der Waals surface area contributed by atoms with Gasteiger partial charge in [-0.1, -0.05) is 13.5 Å². The molecular formula is C11H20ClNO4. The highest BCUT2D eigenvalue weighted by atomic mass is 35.5. The van der Waals surface area contributed by atoms with Gasteiger partial charge in [0.1, 0.15) is 5.88 Å². The summed E-state index contributed by atoms with van der Waals surface area (Å²) in [5.41, 5.74) is 0.440. The van der Waals surface area contributed by atoms with Crippen LogP contribution in [0.1, 0.15) is 20.3 Å². The lowest BCUT2D eigenvalue weighted by Gasteiger charge is -2.22. The molecule has 17 heavy (non-hydrogen) atoms. The average Bonchev–Trinajstić information content (AvgIpc) is 2.25. The van der Waals surface area contributed by atoms with Gasteiger partial charge in [-0.15, -0.1) is 11.6 Å². The Morgan fingerprint density at radius 1 is 1.47 bits per heavy atom. The van der Waals surface area contributed by atoms with Crippen molar-refractivity contribution in [3.63, 3.8) is 0 Å². The third kappa shape index (κ3) is 11.2. The number of carboxylic acid groups (broad SMARTS) is 1. The summed E-state index contributed by atoms with van der Waals surface area (Å²) in [5, 5.41) is 7.59. The lowest BCUT2D eigenvalue weighted by molar-refractivity contribution is -0.152. The third-order valence-electron chi connectivity index (χ3n) is 1.63. The third-order valence-corrected chi connectivity index (χ3v) is 1.86. The van der Waals surface area contributed by atoms with Crippen molar-refractivity contribution < 1.29 is 19.4 Å². The zero-order valence-corrected chi connectivity index (χ0v) is 11.5. The van der Waals surface area contributed by atoms with Gasteiger partial charge in [-0.25, -0.2) is 4.79 Å². The normalized spacial score (nSPS) is 11.2. The molecule has 1 atom stereocenters. The number of hydrogen-bond donors (Lipinski definition) is 1. The van der Waals surface area contributed by atoms with Crippen molar-refractivity contribution in [3.8, 4) is 0 Å². The molecule has 0 radical (unpaired) electrons. The van der Waals surface area contributed by atoms with Gasteiger partial charge >= 0.3 is 11.9 Å². The minimum absolute atomic E-state index is 0.144. The zero-order chi connectivity index (χ0) is 14.0. The molecule has 0 saturated carbocycles. The smallest absolute Gasteiger partial charge is 0.334 e. The van der Waals surface area contributed by atoms with Crippen LogP contribution in [-0.4, -0.2) is 48.1 Å². The summed E-state index contributed by atoms with van der Waals surface area (Å²) in [7, 11) is 3.75. The van der Waals surface area contributed by atoms with E-state index in [0.29, 0.717) is 5.57 Å². The number of halogens is 1. The van der Waals surface area contributed by atoms with Gasteiger partial charge in [0.25, 0.3) is 0 Å². The number of carbonyl (C=O) groups is 2. The maximum absolute atomic E-state index is 11.1. The lowest BCUT2D eigenvalue weighted by atomic mass is 10.3. The molecule has 0 heterocycles. The molecule has 1 unspecified atom stereocenters. The Bertz CT molecular complexity index is 266. The van der Waals surface area contributed by atoms with E-state index in [-0.39, 0.29) is 18.1 Å². The second-order valence-corrected chi connectivity index (χ2v) is 3.81. The number of carbonyl (C=O) groups excluding carboxylic acids is 1. The standard InChI is InChI=1S/C9H17NO2.C2H3ClO2/c1-6-8(10(4)5)12-9(11)7(2)3;3-1-2(4)5/h8H,2,6H2,1,3-5H3;1H2,(H,4,5). The monoisotopic (exact) mass is 265 g/mol. The van der Waals surface area contributed by atoms with Crippen LogP contribution < -0.4 is 0 Å². The number of rotatable bonds is 5. The van der Waals surface area contributed by atoms with E-state index in [1.54, 1.807) is 6.92 Å². The first-order chi connectivity index (χ1) is 7.76. The predicted octanol–water partition coefficient (Wildman–Crippen LogP) is 1.71. The number of nitrogens with zero attached hydrogens (tertiary/aromatic N) is 1. The second kappa shape index (κ2) is 10.1. The SMILES string of the molecule is C=C(C)C(=O)OC(CC)N(C)C.O=C(O)CCl. The molecule has 0 aliphatic carbocycles. The highest BCUT2D eigenvalue weighted by Gasteiger charge is 2.14. The van der Waals surface area contributed by atoms with Gasteiger partial charge in [0.15, 0.2) is 6.23 Å². The van der Waals surface area contributed by atoms with E-state index in [0.717, 1.165) is 6.42 Å². The zero-order valence-electron chi connectivity index (χ0n) is 10.7. The molecule has 0 bridgehead atoms. The quantitative estimate of drug-likeness (QED) is 0.355. The van der Waals surface area contributed by atoms with E-state index in [1.807, 2.05) is 25.9 Å². The van der Waals surface area contributed by atoms with Crippen LogP contribution in [-0.2, 0) is 14.3 Å². The number of ether oxygens (including phenoxy) is 1. The van der Waals surface area contributed by atoms with Crippen LogP contribution in [0.3, 0.4) is 0 Å². The van der Waals surface area contributed by atoms with E-state index in [4.69, 9.17) is 21.4 Å². The molecular weight excluding hydrogens is 246 g/mol. The van der Waals surface area contributed by atoms with E-state index in [2.05, 4.69) is 6.58 Å². The summed E-state index contributed by atoms with van der Waals surface area (Å²) in [6, 6.07) is 0. The van der Waals surface area contributed by atoms with Gasteiger partial charge in [-0.05, 0) is 27.4 Å². The molecule has 6 heteroatoms. The maximum atomic E-state index is 11.1. The summed E-state index contributed by atoms with van der Waals surface area (Å²) in [6.07, 6.45) is 0.639. The minimum atomic E-state index is -0.980. The molecule has 0 aromatic carbocycles. The van der Waals surface area contributed by atoms with Crippen LogP contribution in [0.15, 0.2) is 12.2 Å². The Hall–Kier alpha value is -1.07. The summed E-state index contributed by atoms with van der Waals surface area (Å²) < 4.78 is 5.11. The van der Waals surface area contributed by atoms with Crippen molar-refractivity contribution in [2.45, 2.75) is 26.5 Å². The molecule has 0 aromatic heterocycles. The average molecular weight is 266 g/mol. The van der Waals surface area contributed by atoms with E-state index >= 15 is 0 Å². The molecule has 0 spiro atoms. The number of esters is 1. The molecule has 0 amide bonds. The Kier molecular flexibility index (Phi) is 10.9. The van der Waals surface area contributed by atoms with Crippen LogP contribution in [0.4, 0.5) is 0 Å². The van der Waals surface area contributed by atoms with Crippen LogP contribution >= 0.6 is 11.6 Å². The van der Waals surface area contributed by atoms with E-state index < -0.39 is 5.97 Å². The Balaban J connectivity index is 0. The number of alkyl halides is 1. The van der Waals surface area contributed by atoms with Gasteiger partial charge in [-0.3, -0.25) is 9.69 Å².